The van der Waals surface area contributed by atoms with Gasteiger partial charge in [-0.3, -0.25) is 0 Å². The number of hydrogen-bond donors (Lipinski definition) is 1. The van der Waals surface area contributed by atoms with E-state index in [0.717, 1.165) is 22.2 Å². The molecule has 0 bridgehead atoms. The van der Waals surface area contributed by atoms with Gasteiger partial charge in [-0.1, -0.05) is 15.9 Å². The number of ether oxygens (including phenoxy) is 2. The lowest BCUT2D eigenvalue weighted by molar-refractivity contribution is 0.172. The number of aliphatic hydroxyl groups is 1. The fraction of sp³-hybridized carbons (Fsp3) is 0.455. The van der Waals surface area contributed by atoms with Gasteiger partial charge in [0, 0.05) is 24.6 Å². The molecule has 15 heavy (non-hydrogen) atoms. The van der Waals surface area contributed by atoms with Gasteiger partial charge in [0.2, 0.25) is 0 Å². The summed E-state index contributed by atoms with van der Waals surface area (Å²) in [5, 5.41) is 9.05. The van der Waals surface area contributed by atoms with Gasteiger partial charge >= 0.3 is 0 Å². The van der Waals surface area contributed by atoms with Gasteiger partial charge < -0.3 is 14.6 Å². The van der Waals surface area contributed by atoms with Crippen LogP contribution in [0.15, 0.2) is 22.7 Å². The number of methoxy groups -OCH3 is 1. The molecule has 1 aromatic rings. The van der Waals surface area contributed by atoms with Crippen molar-refractivity contribution in [2.75, 3.05) is 20.3 Å². The highest BCUT2D eigenvalue weighted by molar-refractivity contribution is 9.10. The summed E-state index contributed by atoms with van der Waals surface area (Å²) >= 11 is 3.35. The minimum atomic E-state index is 0.00978. The third kappa shape index (κ3) is 4.20. The summed E-state index contributed by atoms with van der Waals surface area (Å²) in [6.45, 7) is 1.33. The van der Waals surface area contributed by atoms with E-state index < -0.39 is 0 Å². The summed E-state index contributed by atoms with van der Waals surface area (Å²) in [6, 6.07) is 5.57. The van der Waals surface area contributed by atoms with Crippen molar-refractivity contribution in [1.82, 2.24) is 0 Å². The van der Waals surface area contributed by atoms with E-state index in [1.54, 1.807) is 7.11 Å². The molecule has 0 atom stereocenters. The summed E-state index contributed by atoms with van der Waals surface area (Å²) in [6.07, 6.45) is 0.862. The molecule has 1 N–H and O–H groups in total. The van der Waals surface area contributed by atoms with Gasteiger partial charge in [0.05, 0.1) is 13.2 Å². The molecule has 0 radical (unpaired) electrons. The Kier molecular flexibility index (Phi) is 5.68. The van der Waals surface area contributed by atoms with Crippen molar-refractivity contribution < 1.29 is 14.6 Å². The van der Waals surface area contributed by atoms with E-state index in [4.69, 9.17) is 14.6 Å². The van der Waals surface area contributed by atoms with Crippen molar-refractivity contribution in [3.63, 3.8) is 0 Å². The molecule has 1 rings (SSSR count). The summed E-state index contributed by atoms with van der Waals surface area (Å²) < 4.78 is 11.3. The fourth-order valence-electron chi connectivity index (χ4n) is 1.16. The van der Waals surface area contributed by atoms with E-state index in [1.165, 1.54) is 0 Å². The van der Waals surface area contributed by atoms with Gasteiger partial charge in [-0.25, -0.2) is 0 Å². The van der Waals surface area contributed by atoms with Crippen LogP contribution in [0.4, 0.5) is 0 Å². The van der Waals surface area contributed by atoms with Crippen LogP contribution in [0.5, 0.6) is 5.75 Å². The van der Waals surface area contributed by atoms with Crippen molar-refractivity contribution in [2.24, 2.45) is 0 Å². The highest BCUT2D eigenvalue weighted by Crippen LogP contribution is 2.22. The summed E-state index contributed by atoms with van der Waals surface area (Å²) in [5.41, 5.74) is 0.833. The third-order valence-corrected chi connectivity index (χ3v) is 2.72. The van der Waals surface area contributed by atoms with E-state index in [1.807, 2.05) is 18.2 Å². The van der Waals surface area contributed by atoms with Crippen LogP contribution in [0.2, 0.25) is 0 Å². The lowest BCUT2D eigenvalue weighted by atomic mass is 10.2. The molecule has 0 saturated carbocycles. The number of hydrogen-bond acceptors (Lipinski definition) is 3. The first-order valence-corrected chi connectivity index (χ1v) is 5.58. The van der Waals surface area contributed by atoms with Crippen LogP contribution >= 0.6 is 15.9 Å². The van der Waals surface area contributed by atoms with Crippen LogP contribution < -0.4 is 4.74 Å². The van der Waals surface area contributed by atoms with Gasteiger partial charge in [0.1, 0.15) is 5.75 Å². The number of rotatable bonds is 6. The first-order valence-electron chi connectivity index (χ1n) is 4.79. The molecule has 0 unspecified atom stereocenters. The summed E-state index contributed by atoms with van der Waals surface area (Å²) in [4.78, 5) is 0. The van der Waals surface area contributed by atoms with Gasteiger partial charge in [0.15, 0.2) is 0 Å². The second-order valence-electron chi connectivity index (χ2n) is 3.11. The monoisotopic (exact) mass is 274 g/mol. The molecule has 0 aliphatic heterocycles. The first-order chi connectivity index (χ1) is 7.27. The Balaban J connectivity index is 2.47. The molecule has 0 aliphatic rings. The molecule has 84 valence electrons. The van der Waals surface area contributed by atoms with Gasteiger partial charge in [-0.15, -0.1) is 0 Å². The third-order valence-electron chi connectivity index (χ3n) is 1.95. The maximum Gasteiger partial charge on any atom is 0.119 e. The second kappa shape index (κ2) is 6.82. The molecule has 0 aliphatic carbocycles. The molecular weight excluding hydrogens is 260 g/mol. The van der Waals surface area contributed by atoms with E-state index in [9.17, 15) is 0 Å². The van der Waals surface area contributed by atoms with Crippen LogP contribution in [0.25, 0.3) is 0 Å². The van der Waals surface area contributed by atoms with Crippen molar-refractivity contribution in [3.8, 4) is 5.75 Å². The van der Waals surface area contributed by atoms with Gasteiger partial charge in [-0.2, -0.15) is 0 Å². The van der Waals surface area contributed by atoms with Gasteiger partial charge in [0.25, 0.3) is 0 Å². The van der Waals surface area contributed by atoms with Gasteiger partial charge in [-0.05, 0) is 23.8 Å². The van der Waals surface area contributed by atoms with Crippen molar-refractivity contribution in [3.05, 3.63) is 28.2 Å². The van der Waals surface area contributed by atoms with Crippen LogP contribution in [0.1, 0.15) is 12.0 Å². The fourth-order valence-corrected chi connectivity index (χ4v) is 1.53. The van der Waals surface area contributed by atoms with E-state index >= 15 is 0 Å². The zero-order chi connectivity index (χ0) is 11.1. The SMILES string of the molecule is COCCCOc1ccc(Br)c(CO)c1. The maximum atomic E-state index is 9.05. The Bertz CT molecular complexity index is 302. The average molecular weight is 275 g/mol. The largest absolute Gasteiger partial charge is 0.493 e. The van der Waals surface area contributed by atoms with Crippen LogP contribution in [-0.2, 0) is 11.3 Å². The Morgan fingerprint density at radius 3 is 2.80 bits per heavy atom. The number of aliphatic hydroxyl groups excluding tert-OH is 1. The zero-order valence-corrected chi connectivity index (χ0v) is 10.3. The normalized spacial score (nSPS) is 10.3. The minimum Gasteiger partial charge on any atom is -0.493 e. The van der Waals surface area contributed by atoms with Crippen molar-refractivity contribution in [1.29, 1.82) is 0 Å². The van der Waals surface area contributed by atoms with Crippen molar-refractivity contribution in [2.45, 2.75) is 13.0 Å². The van der Waals surface area contributed by atoms with E-state index in [2.05, 4.69) is 15.9 Å². The molecular formula is C11H15BrO3. The molecule has 0 saturated heterocycles. The number of halogens is 1. The molecule has 0 fully saturated rings. The minimum absolute atomic E-state index is 0.00978. The second-order valence-corrected chi connectivity index (χ2v) is 3.96. The maximum absolute atomic E-state index is 9.05. The highest BCUT2D eigenvalue weighted by Gasteiger charge is 2.01. The topological polar surface area (TPSA) is 38.7 Å². The zero-order valence-electron chi connectivity index (χ0n) is 8.70. The first kappa shape index (κ1) is 12.5. The van der Waals surface area contributed by atoms with Crippen LogP contribution in [0, 0.1) is 0 Å². The Morgan fingerprint density at radius 2 is 2.13 bits per heavy atom. The predicted octanol–water partition coefficient (Wildman–Crippen LogP) is 2.36. The predicted molar refractivity (Wildman–Crippen MR) is 62.1 cm³/mol. The lowest BCUT2D eigenvalue weighted by Crippen LogP contribution is -2.01. The quantitative estimate of drug-likeness (QED) is 0.810. The Hall–Kier alpha value is -0.580. The summed E-state index contributed by atoms with van der Waals surface area (Å²) in [7, 11) is 1.67. The molecule has 0 aromatic heterocycles. The van der Waals surface area contributed by atoms with E-state index in [0.29, 0.717) is 13.2 Å². The van der Waals surface area contributed by atoms with Crippen LogP contribution in [-0.4, -0.2) is 25.4 Å². The Labute approximate surface area is 98.1 Å². The molecule has 3 nitrogen and oxygen atoms in total. The smallest absolute Gasteiger partial charge is 0.119 e. The standard InChI is InChI=1S/C11H15BrO3/c1-14-5-2-6-15-10-3-4-11(12)9(7-10)8-13/h3-4,7,13H,2,5-6,8H2,1H3. The van der Waals surface area contributed by atoms with E-state index in [-0.39, 0.29) is 6.61 Å². The number of benzene rings is 1. The molecule has 1 aromatic carbocycles. The van der Waals surface area contributed by atoms with Crippen LogP contribution in [0.3, 0.4) is 0 Å². The Morgan fingerprint density at radius 1 is 1.33 bits per heavy atom. The highest BCUT2D eigenvalue weighted by atomic mass is 79.9. The summed E-state index contributed by atoms with van der Waals surface area (Å²) in [5.74, 6) is 0.776. The molecule has 0 spiro atoms. The molecule has 4 heteroatoms. The lowest BCUT2D eigenvalue weighted by Gasteiger charge is -2.08. The van der Waals surface area contributed by atoms with Crippen molar-refractivity contribution >= 4 is 15.9 Å². The molecule has 0 amide bonds. The average Bonchev–Trinajstić information content (AvgIpc) is 2.26. The molecule has 0 heterocycles.